The van der Waals surface area contributed by atoms with Crippen LogP contribution in [-0.2, 0) is 9.53 Å². The zero-order chi connectivity index (χ0) is 18.2. The summed E-state index contributed by atoms with van der Waals surface area (Å²) in [6.45, 7) is 7.72. The monoisotopic (exact) mass is 363 g/mol. The van der Waals surface area contributed by atoms with Gasteiger partial charge in [-0.25, -0.2) is 4.68 Å². The van der Waals surface area contributed by atoms with E-state index < -0.39 is 0 Å². The fourth-order valence-corrected chi connectivity index (χ4v) is 2.94. The first kappa shape index (κ1) is 19.3. The number of nitrogens with zero attached hydrogens (tertiary/aromatic N) is 3. The summed E-state index contributed by atoms with van der Waals surface area (Å²) in [4.78, 5) is 12.1. The topological polar surface area (TPSA) is 95.1 Å². The lowest BCUT2D eigenvalue weighted by molar-refractivity contribution is -0.120. The molecule has 0 saturated carbocycles. The third-order valence-electron chi connectivity index (χ3n) is 3.59. The van der Waals surface area contributed by atoms with Crippen molar-refractivity contribution in [3.05, 3.63) is 29.8 Å². The van der Waals surface area contributed by atoms with Crippen LogP contribution >= 0.6 is 11.8 Å². The van der Waals surface area contributed by atoms with Gasteiger partial charge in [0.15, 0.2) is 5.82 Å². The van der Waals surface area contributed by atoms with Gasteiger partial charge in [-0.3, -0.25) is 4.79 Å². The van der Waals surface area contributed by atoms with Crippen LogP contribution in [0.5, 0.6) is 0 Å². The number of rotatable bonds is 9. The van der Waals surface area contributed by atoms with Gasteiger partial charge in [-0.1, -0.05) is 41.6 Å². The molecular formula is C17H25N5O2S. The van der Waals surface area contributed by atoms with Crippen molar-refractivity contribution in [2.24, 2.45) is 0 Å². The molecule has 3 N–H and O–H groups in total. The van der Waals surface area contributed by atoms with E-state index in [1.54, 1.807) is 0 Å². The lowest BCUT2D eigenvalue weighted by Gasteiger charge is -2.11. The molecule has 136 valence electrons. The summed E-state index contributed by atoms with van der Waals surface area (Å²) in [6, 6.07) is 7.89. The fourth-order valence-electron chi connectivity index (χ4n) is 2.14. The molecule has 1 heterocycles. The van der Waals surface area contributed by atoms with Crippen molar-refractivity contribution >= 4 is 17.7 Å². The molecule has 0 spiro atoms. The Balaban J connectivity index is 1.92. The number of ether oxygens (including phenoxy) is 1. The maximum absolute atomic E-state index is 12.1. The summed E-state index contributed by atoms with van der Waals surface area (Å²) in [6.07, 6.45) is 0.793. The summed E-state index contributed by atoms with van der Waals surface area (Å²) in [5, 5.41) is 11.3. The Morgan fingerprint density at radius 2 is 2.08 bits per heavy atom. The Kier molecular flexibility index (Phi) is 7.27. The second-order valence-corrected chi connectivity index (χ2v) is 6.95. The Labute approximate surface area is 152 Å². The fraction of sp³-hybridized carbons (Fsp3) is 0.471. The Bertz CT molecular complexity index is 687. The van der Waals surface area contributed by atoms with Crippen LogP contribution in [0.15, 0.2) is 29.4 Å². The van der Waals surface area contributed by atoms with E-state index in [2.05, 4.69) is 15.5 Å². The number of thioether (sulfide) groups is 1. The number of carbonyl (C=O) groups excluding carboxylic acids is 1. The third-order valence-corrected chi connectivity index (χ3v) is 4.65. The predicted molar refractivity (Wildman–Crippen MR) is 99.8 cm³/mol. The molecule has 2 aromatic rings. The summed E-state index contributed by atoms with van der Waals surface area (Å²) in [5.74, 6) is 6.62. The van der Waals surface area contributed by atoms with Crippen LogP contribution in [0.1, 0.15) is 25.8 Å². The number of aromatic nitrogens is 3. The largest absolute Gasteiger partial charge is 0.382 e. The minimum absolute atomic E-state index is 0.0543. The smallest absolute Gasteiger partial charge is 0.233 e. The normalized spacial score (nSPS) is 12.1. The number of hydrogen-bond donors (Lipinski definition) is 2. The highest BCUT2D eigenvalue weighted by atomic mass is 32.2. The van der Waals surface area contributed by atoms with Crippen LogP contribution in [0.4, 0.5) is 0 Å². The van der Waals surface area contributed by atoms with Gasteiger partial charge in [0.1, 0.15) is 0 Å². The molecule has 2 rings (SSSR count). The van der Waals surface area contributed by atoms with Crippen LogP contribution in [0, 0.1) is 6.92 Å². The van der Waals surface area contributed by atoms with Crippen molar-refractivity contribution in [1.29, 1.82) is 0 Å². The Morgan fingerprint density at radius 3 is 2.76 bits per heavy atom. The molecule has 0 aliphatic rings. The minimum Gasteiger partial charge on any atom is -0.382 e. The summed E-state index contributed by atoms with van der Waals surface area (Å²) in [5.41, 5.74) is 2.05. The average molecular weight is 363 g/mol. The second kappa shape index (κ2) is 9.43. The summed E-state index contributed by atoms with van der Waals surface area (Å²) < 4.78 is 6.67. The molecule has 1 atom stereocenters. The number of nitrogen functional groups attached to an aromatic ring is 1. The van der Waals surface area contributed by atoms with Gasteiger partial charge >= 0.3 is 0 Å². The molecule has 8 heteroatoms. The number of nitrogens with one attached hydrogen (secondary N) is 1. The van der Waals surface area contributed by atoms with E-state index in [0.717, 1.165) is 17.5 Å². The van der Waals surface area contributed by atoms with E-state index in [1.807, 2.05) is 45.0 Å². The number of aryl methyl sites for hydroxylation is 1. The first-order chi connectivity index (χ1) is 12.0. The zero-order valence-corrected chi connectivity index (χ0v) is 15.7. The van der Waals surface area contributed by atoms with Crippen molar-refractivity contribution in [3.63, 3.8) is 0 Å². The Morgan fingerprint density at radius 1 is 1.36 bits per heavy atom. The van der Waals surface area contributed by atoms with Crippen LogP contribution in [-0.4, -0.2) is 45.8 Å². The van der Waals surface area contributed by atoms with Gasteiger partial charge < -0.3 is 15.9 Å². The summed E-state index contributed by atoms with van der Waals surface area (Å²) in [7, 11) is 0. The van der Waals surface area contributed by atoms with Gasteiger partial charge in [-0.2, -0.15) is 0 Å². The van der Waals surface area contributed by atoms with Gasteiger partial charge in [-0.05, 0) is 27.2 Å². The van der Waals surface area contributed by atoms with E-state index in [4.69, 9.17) is 10.6 Å². The molecule has 1 amide bonds. The van der Waals surface area contributed by atoms with Gasteiger partial charge in [0.25, 0.3) is 0 Å². The van der Waals surface area contributed by atoms with Crippen molar-refractivity contribution in [1.82, 2.24) is 20.2 Å². The van der Waals surface area contributed by atoms with E-state index in [9.17, 15) is 4.79 Å². The molecule has 0 aliphatic heterocycles. The third kappa shape index (κ3) is 5.47. The number of amides is 1. The minimum atomic E-state index is -0.315. The molecule has 1 unspecified atom stereocenters. The number of nitrogens with two attached hydrogens (primary N) is 1. The SMILES string of the molecule is CCOCCCNC(=O)C(C)Sc1nnc(-c2ccc(C)cc2)n1N. The molecule has 1 aromatic heterocycles. The molecule has 7 nitrogen and oxygen atoms in total. The van der Waals surface area contributed by atoms with Gasteiger partial charge in [-0.15, -0.1) is 10.2 Å². The molecular weight excluding hydrogens is 338 g/mol. The molecule has 25 heavy (non-hydrogen) atoms. The zero-order valence-electron chi connectivity index (χ0n) is 14.9. The molecule has 0 bridgehead atoms. The van der Waals surface area contributed by atoms with Crippen LogP contribution in [0.25, 0.3) is 11.4 Å². The first-order valence-electron chi connectivity index (χ1n) is 8.32. The lowest BCUT2D eigenvalue weighted by Crippen LogP contribution is -2.32. The van der Waals surface area contributed by atoms with Gasteiger partial charge in [0, 0.05) is 25.3 Å². The van der Waals surface area contributed by atoms with E-state index in [1.165, 1.54) is 16.4 Å². The molecule has 0 saturated heterocycles. The number of hydrogen-bond acceptors (Lipinski definition) is 6. The highest BCUT2D eigenvalue weighted by Gasteiger charge is 2.19. The van der Waals surface area contributed by atoms with E-state index in [-0.39, 0.29) is 11.2 Å². The van der Waals surface area contributed by atoms with Crippen molar-refractivity contribution < 1.29 is 9.53 Å². The van der Waals surface area contributed by atoms with Crippen LogP contribution in [0.2, 0.25) is 0 Å². The highest BCUT2D eigenvalue weighted by molar-refractivity contribution is 8.00. The van der Waals surface area contributed by atoms with E-state index in [0.29, 0.717) is 30.7 Å². The molecule has 0 fully saturated rings. The lowest BCUT2D eigenvalue weighted by atomic mass is 10.1. The number of carbonyl (C=O) groups is 1. The van der Waals surface area contributed by atoms with Crippen molar-refractivity contribution in [2.75, 3.05) is 25.6 Å². The van der Waals surface area contributed by atoms with Gasteiger partial charge in [0.2, 0.25) is 11.1 Å². The maximum atomic E-state index is 12.1. The molecule has 0 radical (unpaired) electrons. The predicted octanol–water partition coefficient (Wildman–Crippen LogP) is 1.99. The molecule has 0 aliphatic carbocycles. The second-order valence-electron chi connectivity index (χ2n) is 5.64. The average Bonchev–Trinajstić information content (AvgIpc) is 2.96. The molecule has 1 aromatic carbocycles. The first-order valence-corrected chi connectivity index (χ1v) is 9.20. The standard InChI is InChI=1S/C17H25N5O2S/c1-4-24-11-5-10-19-16(23)13(3)25-17-21-20-15(22(17)18)14-8-6-12(2)7-9-14/h6-9,13H,4-5,10-11,18H2,1-3H3,(H,19,23). The van der Waals surface area contributed by atoms with E-state index >= 15 is 0 Å². The van der Waals surface area contributed by atoms with Crippen LogP contribution < -0.4 is 11.2 Å². The van der Waals surface area contributed by atoms with Gasteiger partial charge in [0.05, 0.1) is 5.25 Å². The quantitative estimate of drug-likeness (QED) is 0.402. The summed E-state index contributed by atoms with van der Waals surface area (Å²) >= 11 is 1.29. The maximum Gasteiger partial charge on any atom is 0.233 e. The Hall–Kier alpha value is -2.06. The number of benzene rings is 1. The van der Waals surface area contributed by atoms with Crippen LogP contribution in [0.3, 0.4) is 0 Å². The van der Waals surface area contributed by atoms with Crippen molar-refractivity contribution in [2.45, 2.75) is 37.6 Å². The highest BCUT2D eigenvalue weighted by Crippen LogP contribution is 2.24. The van der Waals surface area contributed by atoms with Crippen molar-refractivity contribution in [3.8, 4) is 11.4 Å².